The maximum Gasteiger partial charge on any atom is 0.178 e. The first kappa shape index (κ1) is 16.2. The van der Waals surface area contributed by atoms with Crippen LogP contribution in [0.5, 0.6) is 0 Å². The fraction of sp³-hybridized carbons (Fsp3) is 0.714. The van der Waals surface area contributed by atoms with E-state index in [0.717, 1.165) is 25.7 Å². The van der Waals surface area contributed by atoms with Crippen LogP contribution < -0.4 is 0 Å². The molecule has 4 rings (SSSR count). The second-order valence-corrected chi connectivity index (χ2v) is 8.98. The van der Waals surface area contributed by atoms with Crippen molar-refractivity contribution >= 4 is 11.6 Å². The van der Waals surface area contributed by atoms with E-state index in [1.165, 1.54) is 0 Å². The Hall–Kier alpha value is -1.25. The number of allylic oxidation sites excluding steroid dienone is 4. The summed E-state index contributed by atoms with van der Waals surface area (Å²) in [6.45, 7) is 6.11. The Kier molecular flexibility index (Phi) is 3.47. The number of ketones is 2. The van der Waals surface area contributed by atoms with Crippen molar-refractivity contribution in [2.24, 2.45) is 34.5 Å². The molecule has 4 aliphatic carbocycles. The lowest BCUT2D eigenvalue weighted by molar-refractivity contribution is -0.127. The zero-order chi connectivity index (χ0) is 17.3. The Bertz CT molecular complexity index is 663. The van der Waals surface area contributed by atoms with Gasteiger partial charge in [0.25, 0.3) is 0 Å². The Labute approximate surface area is 143 Å². The highest BCUT2D eigenvalue weighted by Gasteiger charge is 2.60. The zero-order valence-corrected chi connectivity index (χ0v) is 14.8. The van der Waals surface area contributed by atoms with E-state index in [0.29, 0.717) is 35.5 Å². The molecule has 4 aliphatic rings. The number of halogens is 1. The normalized spacial score (nSPS) is 49.9. The molecular formula is C21H27FO2. The minimum atomic E-state index is -1.02. The van der Waals surface area contributed by atoms with Gasteiger partial charge in [-0.3, -0.25) is 9.59 Å². The van der Waals surface area contributed by atoms with Gasteiger partial charge in [0.15, 0.2) is 5.78 Å². The average molecular weight is 330 g/mol. The van der Waals surface area contributed by atoms with E-state index < -0.39 is 6.17 Å². The number of fused-ring (bicyclic) bond motifs is 5. The van der Waals surface area contributed by atoms with Crippen molar-refractivity contribution in [3.63, 3.8) is 0 Å². The van der Waals surface area contributed by atoms with Crippen molar-refractivity contribution in [1.82, 2.24) is 0 Å². The highest BCUT2D eigenvalue weighted by Crippen LogP contribution is 2.66. The first-order valence-corrected chi connectivity index (χ1v) is 9.37. The van der Waals surface area contributed by atoms with Crippen LogP contribution in [0.3, 0.4) is 0 Å². The van der Waals surface area contributed by atoms with E-state index in [1.807, 2.05) is 6.08 Å². The van der Waals surface area contributed by atoms with Crippen LogP contribution in [0.2, 0.25) is 0 Å². The van der Waals surface area contributed by atoms with Crippen molar-refractivity contribution < 1.29 is 14.0 Å². The number of hydrogen-bond acceptors (Lipinski definition) is 2. The van der Waals surface area contributed by atoms with E-state index in [2.05, 4.69) is 13.8 Å². The maximum atomic E-state index is 15.0. The summed E-state index contributed by atoms with van der Waals surface area (Å²) in [6.07, 6.45) is 8.72. The Morgan fingerprint density at radius 3 is 2.67 bits per heavy atom. The first-order valence-electron chi connectivity index (χ1n) is 9.37. The molecule has 0 bridgehead atoms. The summed E-state index contributed by atoms with van der Waals surface area (Å²) in [5.74, 6) is 1.53. The van der Waals surface area contributed by atoms with Crippen LogP contribution in [0.4, 0.5) is 4.39 Å². The van der Waals surface area contributed by atoms with Crippen molar-refractivity contribution in [2.45, 2.75) is 59.0 Å². The molecule has 0 aromatic carbocycles. The summed E-state index contributed by atoms with van der Waals surface area (Å²) < 4.78 is 15.0. The largest absolute Gasteiger partial charge is 0.300 e. The molecule has 130 valence electrons. The molecule has 0 aromatic heterocycles. The number of rotatable bonds is 1. The Morgan fingerprint density at radius 1 is 1.21 bits per heavy atom. The summed E-state index contributed by atoms with van der Waals surface area (Å²) in [5.41, 5.74) is 0.408. The molecule has 2 nitrogen and oxygen atoms in total. The highest BCUT2D eigenvalue weighted by molar-refractivity contribution is 6.01. The van der Waals surface area contributed by atoms with Gasteiger partial charge in [0.2, 0.25) is 0 Å². The Morgan fingerprint density at radius 2 is 1.96 bits per heavy atom. The molecule has 24 heavy (non-hydrogen) atoms. The van der Waals surface area contributed by atoms with Crippen molar-refractivity contribution in [1.29, 1.82) is 0 Å². The van der Waals surface area contributed by atoms with Crippen LogP contribution in [0.1, 0.15) is 52.9 Å². The summed E-state index contributed by atoms with van der Waals surface area (Å²) >= 11 is 0. The van der Waals surface area contributed by atoms with Gasteiger partial charge < -0.3 is 0 Å². The van der Waals surface area contributed by atoms with E-state index >= 15 is 4.39 Å². The lowest BCUT2D eigenvalue weighted by atomic mass is 9.47. The fourth-order valence-electron chi connectivity index (χ4n) is 6.87. The van der Waals surface area contributed by atoms with Crippen LogP contribution in [-0.4, -0.2) is 17.7 Å². The molecule has 0 saturated heterocycles. The average Bonchev–Trinajstić information content (AvgIpc) is 2.87. The summed E-state index contributed by atoms with van der Waals surface area (Å²) in [7, 11) is 0. The van der Waals surface area contributed by atoms with Gasteiger partial charge in [-0.2, -0.15) is 0 Å². The topological polar surface area (TPSA) is 34.1 Å². The molecule has 3 heteroatoms. The number of carbonyl (C=O) groups excluding carboxylic acids is 2. The second-order valence-electron chi connectivity index (χ2n) is 8.98. The van der Waals surface area contributed by atoms with Crippen LogP contribution in [0.15, 0.2) is 23.8 Å². The lowest BCUT2D eigenvalue weighted by Gasteiger charge is -2.57. The maximum absolute atomic E-state index is 15.0. The first-order chi connectivity index (χ1) is 11.3. The molecule has 0 aromatic rings. The van der Waals surface area contributed by atoms with Gasteiger partial charge in [0, 0.05) is 11.3 Å². The quantitative estimate of drug-likeness (QED) is 0.712. The minimum absolute atomic E-state index is 0.0402. The van der Waals surface area contributed by atoms with Crippen molar-refractivity contribution in [3.8, 4) is 0 Å². The van der Waals surface area contributed by atoms with Crippen LogP contribution >= 0.6 is 0 Å². The second kappa shape index (κ2) is 5.12. The van der Waals surface area contributed by atoms with Gasteiger partial charge in [-0.1, -0.05) is 19.9 Å². The van der Waals surface area contributed by atoms with E-state index in [-0.39, 0.29) is 22.5 Å². The lowest BCUT2D eigenvalue weighted by Crippen LogP contribution is -2.52. The fourth-order valence-corrected chi connectivity index (χ4v) is 6.87. The number of Topliss-reactive ketones (excluding diaryl/α,β-unsaturated/α-hetero) is 1. The smallest absolute Gasteiger partial charge is 0.178 e. The third kappa shape index (κ3) is 1.99. The van der Waals surface area contributed by atoms with E-state index in [1.54, 1.807) is 19.1 Å². The van der Waals surface area contributed by atoms with Gasteiger partial charge in [-0.15, -0.1) is 0 Å². The summed E-state index contributed by atoms with van der Waals surface area (Å²) in [5, 5.41) is 0. The molecular weight excluding hydrogens is 303 g/mol. The molecule has 1 unspecified atom stereocenters. The van der Waals surface area contributed by atoms with Gasteiger partial charge in [-0.25, -0.2) is 4.39 Å². The number of alkyl halides is 1. The highest BCUT2D eigenvalue weighted by atomic mass is 19.1. The standard InChI is InChI=1S/C21H27FO2/c1-12(23)15-4-5-16-14-11-19(22)18-10-13(24)6-8-21(18,3)17(14)7-9-20(15,16)2/h6,8,10,14-17,19H,4-5,7,9,11H2,1-3H3/t14-,15+,16-,17-,19?,20+,21+/m0/s1. The summed E-state index contributed by atoms with van der Waals surface area (Å²) in [4.78, 5) is 23.9. The predicted octanol–water partition coefficient (Wildman–Crippen LogP) is 4.45. The predicted molar refractivity (Wildman–Crippen MR) is 91.1 cm³/mol. The zero-order valence-electron chi connectivity index (χ0n) is 14.8. The molecule has 3 saturated carbocycles. The third-order valence-electron chi connectivity index (χ3n) is 8.03. The number of hydrogen-bond donors (Lipinski definition) is 0. The third-order valence-corrected chi connectivity index (χ3v) is 8.03. The Balaban J connectivity index is 1.72. The molecule has 0 N–H and O–H groups in total. The minimum Gasteiger partial charge on any atom is -0.300 e. The molecule has 0 heterocycles. The van der Waals surface area contributed by atoms with E-state index in [4.69, 9.17) is 0 Å². The molecule has 3 fully saturated rings. The van der Waals surface area contributed by atoms with Gasteiger partial charge in [0.1, 0.15) is 12.0 Å². The van der Waals surface area contributed by atoms with Gasteiger partial charge >= 0.3 is 0 Å². The van der Waals surface area contributed by atoms with Crippen molar-refractivity contribution in [3.05, 3.63) is 23.8 Å². The van der Waals surface area contributed by atoms with Crippen LogP contribution in [0.25, 0.3) is 0 Å². The summed E-state index contributed by atoms with van der Waals surface area (Å²) in [6, 6.07) is 0. The molecule has 7 atom stereocenters. The molecule has 0 spiro atoms. The van der Waals surface area contributed by atoms with Gasteiger partial charge in [-0.05, 0) is 79.9 Å². The monoisotopic (exact) mass is 330 g/mol. The molecule has 0 radical (unpaired) electrons. The van der Waals surface area contributed by atoms with Gasteiger partial charge in [0.05, 0.1) is 0 Å². The molecule has 0 aliphatic heterocycles. The number of carbonyl (C=O) groups is 2. The molecule has 0 amide bonds. The van der Waals surface area contributed by atoms with Crippen LogP contribution in [0, 0.1) is 34.5 Å². The van der Waals surface area contributed by atoms with Crippen LogP contribution in [-0.2, 0) is 9.59 Å². The van der Waals surface area contributed by atoms with E-state index in [9.17, 15) is 9.59 Å². The van der Waals surface area contributed by atoms with Crippen molar-refractivity contribution in [2.75, 3.05) is 0 Å². The SMILES string of the molecule is CC(=O)[C@H]1CC[C@H]2[C@@H]3CC(F)C4=CC(=O)C=C[C@]4(C)[C@H]3CC[C@]12C.